The first-order valence-corrected chi connectivity index (χ1v) is 37.7. The lowest BCUT2D eigenvalue weighted by Crippen LogP contribution is -2.28. The van der Waals surface area contributed by atoms with Gasteiger partial charge in [-0.3, -0.25) is 0 Å². The maximum Gasteiger partial charge on any atom is 0.119 e. The molecule has 8 aromatic carbocycles. The molecule has 0 saturated carbocycles. The minimum Gasteiger partial charge on any atom is -0.497 e. The van der Waals surface area contributed by atoms with E-state index in [0.717, 1.165) is 214 Å². The lowest BCUT2D eigenvalue weighted by atomic mass is 10.1. The summed E-state index contributed by atoms with van der Waals surface area (Å²) in [7, 11) is 24.4. The Morgan fingerprint density at radius 3 is 0.635 bits per heavy atom. The molecule has 0 aliphatic heterocycles. The number of rotatable bonds is 34. The molecule has 20 heteroatoms. The first-order valence-electron chi connectivity index (χ1n) is 36.2. The Kier molecular flexibility index (Phi) is 26.8. The van der Waals surface area contributed by atoms with Gasteiger partial charge in [0.05, 0.1) is 95.3 Å². The summed E-state index contributed by atoms with van der Waals surface area (Å²) in [5.41, 5.74) is 12.0. The summed E-state index contributed by atoms with van der Waals surface area (Å²) in [4.78, 5) is 38.8. The lowest BCUT2D eigenvalue weighted by Gasteiger charge is -2.25. The molecule has 0 bridgehead atoms. The zero-order valence-electron chi connectivity index (χ0n) is 62.5. The van der Waals surface area contributed by atoms with Crippen molar-refractivity contribution in [3.63, 3.8) is 0 Å². The standard InChI is InChI=1S/2C42H50Cl2N6O2/c2*1-47(21-9-23-49(3)41-33-15-11-29(43)25-39(33)45-37-17-13-31(51-5)27-35(37)41)19-7-8-20-48(2)22-10-24-50(4)42-34-16-12-30(44)26-40(34)46-38-18-14-32(52-6)28-36(38)42/h2*11-18,25-28H,7-10,19-24H2,1-6H3. The van der Waals surface area contributed by atoms with Crippen molar-refractivity contribution in [2.45, 2.75) is 51.4 Å². The predicted molar refractivity (Wildman–Crippen MR) is 443 cm³/mol. The molecule has 12 aromatic rings. The summed E-state index contributed by atoms with van der Waals surface area (Å²) in [5.74, 6) is 3.31. The first-order chi connectivity index (χ1) is 50.3. The highest BCUT2D eigenvalue weighted by atomic mass is 35.5. The quantitative estimate of drug-likeness (QED) is 0.0281. The number of fused-ring (bicyclic) bond motifs is 8. The highest BCUT2D eigenvalue weighted by molar-refractivity contribution is 6.33. The number of pyridine rings is 4. The second-order valence-electron chi connectivity index (χ2n) is 27.7. The van der Waals surface area contributed by atoms with Crippen molar-refractivity contribution < 1.29 is 18.9 Å². The summed E-state index contributed by atoms with van der Waals surface area (Å²) in [6.45, 7) is 12.3. The van der Waals surface area contributed by atoms with Gasteiger partial charge in [-0.25, -0.2) is 19.9 Å². The lowest BCUT2D eigenvalue weighted by molar-refractivity contribution is 0.290. The molecule has 0 radical (unpaired) electrons. The Morgan fingerprint density at radius 2 is 0.433 bits per heavy atom. The van der Waals surface area contributed by atoms with Crippen molar-refractivity contribution in [3.8, 4) is 23.0 Å². The maximum absolute atomic E-state index is 6.34. The van der Waals surface area contributed by atoms with E-state index in [9.17, 15) is 0 Å². The number of nitrogens with zero attached hydrogens (tertiary/aromatic N) is 12. The fourth-order valence-electron chi connectivity index (χ4n) is 14.4. The molecule has 4 aromatic heterocycles. The van der Waals surface area contributed by atoms with E-state index in [1.807, 2.05) is 97.1 Å². The molecule has 0 unspecified atom stereocenters. The van der Waals surface area contributed by atoms with Crippen LogP contribution in [0.5, 0.6) is 23.0 Å². The molecule has 0 spiro atoms. The van der Waals surface area contributed by atoms with Crippen LogP contribution in [0.3, 0.4) is 0 Å². The van der Waals surface area contributed by atoms with E-state index in [4.69, 9.17) is 85.3 Å². The molecule has 0 saturated heterocycles. The van der Waals surface area contributed by atoms with E-state index in [2.05, 4.69) is 144 Å². The van der Waals surface area contributed by atoms with Gasteiger partial charge >= 0.3 is 0 Å². The van der Waals surface area contributed by atoms with Crippen LogP contribution >= 0.6 is 46.4 Å². The number of unbranched alkanes of at least 4 members (excludes halogenated alkanes) is 2. The number of halogens is 4. The van der Waals surface area contributed by atoms with Gasteiger partial charge in [0, 0.05) is 118 Å². The molecular weight excluding hydrogens is 1380 g/mol. The molecule has 104 heavy (non-hydrogen) atoms. The second-order valence-corrected chi connectivity index (χ2v) is 29.5. The largest absolute Gasteiger partial charge is 0.497 e. The highest BCUT2D eigenvalue weighted by Gasteiger charge is 2.21. The molecule has 16 nitrogen and oxygen atoms in total. The van der Waals surface area contributed by atoms with E-state index >= 15 is 0 Å². The minimum absolute atomic E-state index is 0.693. The molecule has 0 fully saturated rings. The normalized spacial score (nSPS) is 11.8. The second kappa shape index (κ2) is 36.2. The van der Waals surface area contributed by atoms with E-state index in [1.165, 1.54) is 48.4 Å². The van der Waals surface area contributed by atoms with E-state index in [1.54, 1.807) is 28.4 Å². The summed E-state index contributed by atoms with van der Waals surface area (Å²) < 4.78 is 22.2. The maximum atomic E-state index is 6.34. The van der Waals surface area contributed by atoms with Crippen LogP contribution in [0.4, 0.5) is 22.7 Å². The topological polar surface area (TPSA) is 114 Å². The van der Waals surface area contributed by atoms with Crippen LogP contribution in [-0.4, -0.2) is 203 Å². The van der Waals surface area contributed by atoms with Gasteiger partial charge in [0.1, 0.15) is 23.0 Å². The Bertz CT molecular complexity index is 4320. The molecule has 0 N–H and O–H groups in total. The average molecular weight is 1480 g/mol. The van der Waals surface area contributed by atoms with Crippen LogP contribution in [0.15, 0.2) is 146 Å². The van der Waals surface area contributed by atoms with E-state index in [-0.39, 0.29) is 0 Å². The number of anilines is 4. The number of hydrogen-bond acceptors (Lipinski definition) is 16. The Labute approximate surface area is 633 Å². The number of methoxy groups -OCH3 is 4. The fourth-order valence-corrected chi connectivity index (χ4v) is 15.0. The van der Waals surface area contributed by atoms with Crippen LogP contribution in [0.2, 0.25) is 20.1 Å². The number of hydrogen-bond donors (Lipinski definition) is 0. The van der Waals surface area contributed by atoms with Gasteiger partial charge < -0.3 is 58.1 Å². The average Bonchev–Trinajstić information content (AvgIpc) is 0.784. The van der Waals surface area contributed by atoms with E-state index in [0.29, 0.717) is 20.1 Å². The zero-order valence-corrected chi connectivity index (χ0v) is 65.5. The predicted octanol–water partition coefficient (Wildman–Crippen LogP) is 18.8. The Hall–Kier alpha value is -8.16. The van der Waals surface area contributed by atoms with Gasteiger partial charge in [-0.1, -0.05) is 46.4 Å². The molecule has 548 valence electrons. The first kappa shape index (κ1) is 77.0. The Balaban J connectivity index is 0.000000208. The molecular formula is C84H100Cl4N12O4. The van der Waals surface area contributed by atoms with Gasteiger partial charge in [0.15, 0.2) is 0 Å². The summed E-state index contributed by atoms with van der Waals surface area (Å²) in [6, 6.07) is 48.2. The minimum atomic E-state index is 0.693. The third kappa shape index (κ3) is 19.1. The molecule has 4 heterocycles. The SMILES string of the molecule is COc1ccc2nc3cc(Cl)ccc3c(N(C)CCCN(C)CCCCN(C)CCCN(C)c3c4ccc(Cl)cc4nc4ccc(OC)cc34)c2c1.COc1ccc2nc3cc(Cl)ccc3c(N(C)CCCN(C)CCCCN(C)CCCN(C)c3c4ccc(Cl)cc4nc4ccc(OC)cc34)c2c1. The van der Waals surface area contributed by atoms with Gasteiger partial charge in [0.25, 0.3) is 0 Å². The summed E-state index contributed by atoms with van der Waals surface area (Å²) in [6.07, 6.45) is 8.95. The monoisotopic (exact) mass is 1480 g/mol. The molecule has 0 atom stereocenters. The van der Waals surface area contributed by atoms with Crippen molar-refractivity contribution in [2.75, 3.05) is 183 Å². The van der Waals surface area contributed by atoms with Crippen molar-refractivity contribution >= 4 is 156 Å². The zero-order chi connectivity index (χ0) is 73.6. The summed E-state index contributed by atoms with van der Waals surface area (Å²) >= 11 is 25.4. The third-order valence-corrected chi connectivity index (χ3v) is 20.9. The van der Waals surface area contributed by atoms with Crippen molar-refractivity contribution in [1.82, 2.24) is 39.5 Å². The Morgan fingerprint density at radius 1 is 0.231 bits per heavy atom. The highest BCUT2D eigenvalue weighted by Crippen LogP contribution is 2.41. The van der Waals surface area contributed by atoms with Gasteiger partial charge in [-0.05, 0) is 278 Å². The smallest absolute Gasteiger partial charge is 0.119 e. The van der Waals surface area contributed by atoms with Crippen molar-refractivity contribution in [3.05, 3.63) is 166 Å². The molecule has 0 aliphatic carbocycles. The van der Waals surface area contributed by atoms with Crippen molar-refractivity contribution in [1.29, 1.82) is 0 Å². The van der Waals surface area contributed by atoms with Crippen LogP contribution in [0.25, 0.3) is 87.2 Å². The van der Waals surface area contributed by atoms with Crippen LogP contribution in [0, 0.1) is 0 Å². The number of aromatic nitrogens is 4. The number of benzene rings is 8. The van der Waals surface area contributed by atoms with Gasteiger partial charge in [-0.2, -0.15) is 0 Å². The number of ether oxygens (including phenoxy) is 4. The van der Waals surface area contributed by atoms with E-state index < -0.39 is 0 Å². The summed E-state index contributed by atoms with van der Waals surface area (Å²) in [5, 5.41) is 11.5. The molecule has 0 amide bonds. The molecule has 12 rings (SSSR count). The van der Waals surface area contributed by atoms with Gasteiger partial charge in [0.2, 0.25) is 0 Å². The third-order valence-electron chi connectivity index (χ3n) is 20.0. The van der Waals surface area contributed by atoms with Crippen molar-refractivity contribution in [2.24, 2.45) is 0 Å². The van der Waals surface area contributed by atoms with Crippen LogP contribution in [-0.2, 0) is 0 Å². The molecule has 0 aliphatic rings. The van der Waals surface area contributed by atoms with Gasteiger partial charge in [-0.15, -0.1) is 0 Å². The fraction of sp³-hybridized carbons (Fsp3) is 0.381. The van der Waals surface area contributed by atoms with Crippen LogP contribution in [0.1, 0.15) is 51.4 Å². The van der Waals surface area contributed by atoms with Crippen LogP contribution < -0.4 is 38.5 Å².